The number of anilines is 1. The van der Waals surface area contributed by atoms with Gasteiger partial charge in [0.25, 0.3) is 5.91 Å². The number of nitrogens with one attached hydrogen (secondary N) is 3. The van der Waals surface area contributed by atoms with Gasteiger partial charge in [0.05, 0.1) is 11.9 Å². The second-order valence-corrected chi connectivity index (χ2v) is 5.35. The third kappa shape index (κ3) is 3.48. The summed E-state index contributed by atoms with van der Waals surface area (Å²) in [6.45, 7) is 4.59. The molecule has 1 aromatic heterocycles. The number of rotatable bonds is 4. The maximum Gasteiger partial charge on any atom is 0.272 e. The SMILES string of the molecule is CNc1cnc(C(C)C)nc1C(=O)NC1CCCNC1=O. The highest BCUT2D eigenvalue weighted by Gasteiger charge is 2.26. The van der Waals surface area contributed by atoms with Crippen LogP contribution in [-0.2, 0) is 4.79 Å². The van der Waals surface area contributed by atoms with E-state index in [1.54, 1.807) is 13.2 Å². The van der Waals surface area contributed by atoms with Crippen LogP contribution in [0, 0.1) is 0 Å². The molecule has 21 heavy (non-hydrogen) atoms. The molecule has 2 heterocycles. The van der Waals surface area contributed by atoms with E-state index < -0.39 is 6.04 Å². The highest BCUT2D eigenvalue weighted by molar-refractivity contribution is 6.00. The van der Waals surface area contributed by atoms with Crippen molar-refractivity contribution in [3.63, 3.8) is 0 Å². The van der Waals surface area contributed by atoms with E-state index in [0.717, 1.165) is 6.42 Å². The molecule has 114 valence electrons. The molecule has 7 nitrogen and oxygen atoms in total. The zero-order chi connectivity index (χ0) is 15.4. The van der Waals surface area contributed by atoms with Gasteiger partial charge in [-0.3, -0.25) is 9.59 Å². The molecule has 1 aliphatic rings. The molecule has 1 aliphatic heterocycles. The first-order valence-electron chi connectivity index (χ1n) is 7.16. The van der Waals surface area contributed by atoms with Gasteiger partial charge >= 0.3 is 0 Å². The number of hydrogen-bond acceptors (Lipinski definition) is 5. The third-order valence-corrected chi connectivity index (χ3v) is 3.40. The number of amides is 2. The van der Waals surface area contributed by atoms with Crippen molar-refractivity contribution in [1.29, 1.82) is 0 Å². The van der Waals surface area contributed by atoms with Crippen LogP contribution in [0.3, 0.4) is 0 Å². The van der Waals surface area contributed by atoms with Gasteiger partial charge in [-0.15, -0.1) is 0 Å². The molecule has 0 spiro atoms. The van der Waals surface area contributed by atoms with Gasteiger partial charge in [-0.2, -0.15) is 0 Å². The summed E-state index contributed by atoms with van der Waals surface area (Å²) in [5, 5.41) is 8.39. The van der Waals surface area contributed by atoms with Crippen molar-refractivity contribution in [2.24, 2.45) is 0 Å². The Morgan fingerprint density at radius 3 is 2.86 bits per heavy atom. The van der Waals surface area contributed by atoms with Crippen LogP contribution in [-0.4, -0.2) is 41.4 Å². The van der Waals surface area contributed by atoms with Crippen molar-refractivity contribution in [3.05, 3.63) is 17.7 Å². The Bertz CT molecular complexity index is 544. The Morgan fingerprint density at radius 1 is 1.48 bits per heavy atom. The topological polar surface area (TPSA) is 96.0 Å². The Balaban J connectivity index is 2.20. The monoisotopic (exact) mass is 291 g/mol. The fourth-order valence-corrected chi connectivity index (χ4v) is 2.17. The minimum atomic E-state index is -0.492. The van der Waals surface area contributed by atoms with Gasteiger partial charge in [-0.05, 0) is 12.8 Å². The fraction of sp³-hybridized carbons (Fsp3) is 0.571. The zero-order valence-electron chi connectivity index (χ0n) is 12.6. The molecule has 0 bridgehead atoms. The molecule has 1 saturated heterocycles. The van der Waals surface area contributed by atoms with Gasteiger partial charge in [0.1, 0.15) is 11.9 Å². The number of aromatic nitrogens is 2. The van der Waals surface area contributed by atoms with Gasteiger partial charge in [-0.1, -0.05) is 13.8 Å². The van der Waals surface area contributed by atoms with Crippen LogP contribution in [0.1, 0.15) is 48.9 Å². The second-order valence-electron chi connectivity index (χ2n) is 5.35. The third-order valence-electron chi connectivity index (χ3n) is 3.40. The summed E-state index contributed by atoms with van der Waals surface area (Å²) in [6, 6.07) is -0.492. The minimum Gasteiger partial charge on any atom is -0.385 e. The lowest BCUT2D eigenvalue weighted by Gasteiger charge is -2.23. The van der Waals surface area contributed by atoms with Crippen LogP contribution in [0.4, 0.5) is 5.69 Å². The van der Waals surface area contributed by atoms with E-state index in [-0.39, 0.29) is 23.4 Å². The second kappa shape index (κ2) is 6.51. The van der Waals surface area contributed by atoms with Crippen LogP contribution in [0.25, 0.3) is 0 Å². The van der Waals surface area contributed by atoms with Crippen LogP contribution in [0.2, 0.25) is 0 Å². The van der Waals surface area contributed by atoms with E-state index in [1.807, 2.05) is 13.8 Å². The van der Waals surface area contributed by atoms with Crippen molar-refractivity contribution < 1.29 is 9.59 Å². The van der Waals surface area contributed by atoms with Crippen molar-refractivity contribution in [2.45, 2.75) is 38.6 Å². The predicted molar refractivity (Wildman–Crippen MR) is 79.2 cm³/mol. The van der Waals surface area contributed by atoms with Crippen molar-refractivity contribution >= 4 is 17.5 Å². The van der Waals surface area contributed by atoms with E-state index in [4.69, 9.17) is 0 Å². The average molecular weight is 291 g/mol. The fourth-order valence-electron chi connectivity index (χ4n) is 2.17. The maximum absolute atomic E-state index is 12.4. The highest BCUT2D eigenvalue weighted by atomic mass is 16.2. The van der Waals surface area contributed by atoms with Crippen molar-refractivity contribution in [3.8, 4) is 0 Å². The first kappa shape index (κ1) is 15.2. The molecule has 2 amide bonds. The molecule has 7 heteroatoms. The lowest BCUT2D eigenvalue weighted by molar-refractivity contribution is -0.124. The van der Waals surface area contributed by atoms with Crippen LogP contribution < -0.4 is 16.0 Å². The molecule has 0 aliphatic carbocycles. The summed E-state index contributed by atoms with van der Waals surface area (Å²) in [7, 11) is 1.71. The van der Waals surface area contributed by atoms with Gasteiger partial charge in [0.15, 0.2) is 5.69 Å². The van der Waals surface area contributed by atoms with Gasteiger partial charge in [0.2, 0.25) is 5.91 Å². The van der Waals surface area contributed by atoms with Gasteiger partial charge in [0, 0.05) is 19.5 Å². The van der Waals surface area contributed by atoms with Crippen molar-refractivity contribution in [1.82, 2.24) is 20.6 Å². The average Bonchev–Trinajstić information content (AvgIpc) is 2.48. The smallest absolute Gasteiger partial charge is 0.272 e. The molecule has 0 saturated carbocycles. The number of nitrogens with zero attached hydrogens (tertiary/aromatic N) is 2. The Labute approximate surface area is 123 Å². The normalized spacial score (nSPS) is 18.3. The molecule has 1 aromatic rings. The summed E-state index contributed by atoms with van der Waals surface area (Å²) in [4.78, 5) is 32.6. The lowest BCUT2D eigenvalue weighted by Crippen LogP contribution is -2.50. The van der Waals surface area contributed by atoms with Crippen molar-refractivity contribution in [2.75, 3.05) is 18.9 Å². The Kier molecular flexibility index (Phi) is 4.72. The van der Waals surface area contributed by atoms with Crippen LogP contribution in [0.15, 0.2) is 6.20 Å². The van der Waals surface area contributed by atoms with Crippen LogP contribution in [0.5, 0.6) is 0 Å². The molecular formula is C14H21N5O2. The Hall–Kier alpha value is -2.18. The molecule has 3 N–H and O–H groups in total. The van der Waals surface area contributed by atoms with Gasteiger partial charge in [-0.25, -0.2) is 9.97 Å². The largest absolute Gasteiger partial charge is 0.385 e. The van der Waals surface area contributed by atoms with Crippen LogP contribution >= 0.6 is 0 Å². The predicted octanol–water partition coefficient (Wildman–Crippen LogP) is 0.650. The maximum atomic E-state index is 12.4. The summed E-state index contributed by atoms with van der Waals surface area (Å²) < 4.78 is 0. The van der Waals surface area contributed by atoms with E-state index in [9.17, 15) is 9.59 Å². The summed E-state index contributed by atoms with van der Waals surface area (Å²) in [6.07, 6.45) is 3.10. The molecule has 1 unspecified atom stereocenters. The molecule has 1 atom stereocenters. The lowest BCUT2D eigenvalue weighted by atomic mass is 10.1. The highest BCUT2D eigenvalue weighted by Crippen LogP contribution is 2.16. The number of carbonyl (C=O) groups is 2. The molecular weight excluding hydrogens is 270 g/mol. The number of hydrogen-bond donors (Lipinski definition) is 3. The van der Waals surface area contributed by atoms with E-state index in [0.29, 0.717) is 24.5 Å². The minimum absolute atomic E-state index is 0.125. The number of carbonyl (C=O) groups excluding carboxylic acids is 2. The molecule has 2 rings (SSSR count). The molecule has 1 fully saturated rings. The van der Waals surface area contributed by atoms with E-state index >= 15 is 0 Å². The standard InChI is InChI=1S/C14H21N5O2/c1-8(2)12-17-7-10(15-3)11(19-12)14(21)18-9-5-4-6-16-13(9)20/h7-9,15H,4-6H2,1-3H3,(H,16,20)(H,18,21). The molecule has 0 aromatic carbocycles. The summed E-state index contributed by atoms with van der Waals surface area (Å²) in [5.41, 5.74) is 0.822. The Morgan fingerprint density at radius 2 is 2.24 bits per heavy atom. The van der Waals surface area contributed by atoms with E-state index in [2.05, 4.69) is 25.9 Å². The van der Waals surface area contributed by atoms with Gasteiger partial charge < -0.3 is 16.0 Å². The van der Waals surface area contributed by atoms with E-state index in [1.165, 1.54) is 0 Å². The quantitative estimate of drug-likeness (QED) is 0.757. The zero-order valence-corrected chi connectivity index (χ0v) is 12.6. The molecule has 0 radical (unpaired) electrons. The number of piperidine rings is 1. The summed E-state index contributed by atoms with van der Waals surface area (Å²) >= 11 is 0. The first-order valence-corrected chi connectivity index (χ1v) is 7.16. The first-order chi connectivity index (χ1) is 10.0. The summed E-state index contributed by atoms with van der Waals surface area (Å²) in [5.74, 6) is 0.233.